The molecule has 0 N–H and O–H groups in total. The van der Waals surface area contributed by atoms with Gasteiger partial charge in [-0.3, -0.25) is 0 Å². The summed E-state index contributed by atoms with van der Waals surface area (Å²) in [7, 11) is 0. The molecule has 0 aliphatic rings. The fourth-order valence-electron chi connectivity index (χ4n) is 2.17. The molecule has 0 aliphatic heterocycles. The molecule has 2 aromatic carbocycles. The number of ether oxygens (including phenoxy) is 2. The first-order valence-corrected chi connectivity index (χ1v) is 8.75. The first kappa shape index (κ1) is 18.8. The van der Waals surface area contributed by atoms with E-state index in [1.807, 2.05) is 66.8 Å². The Morgan fingerprint density at radius 3 is 1.96 bits per heavy atom. The summed E-state index contributed by atoms with van der Waals surface area (Å²) in [6.45, 7) is 4.12. The van der Waals surface area contributed by atoms with Crippen molar-refractivity contribution < 1.29 is 9.47 Å². The van der Waals surface area contributed by atoms with Crippen LogP contribution in [0.3, 0.4) is 0 Å². The smallest absolute Gasteiger partial charge is 0.119 e. The number of rotatable bonds is 10. The molecule has 0 aromatic heterocycles. The van der Waals surface area contributed by atoms with Gasteiger partial charge in [0.15, 0.2) is 0 Å². The maximum Gasteiger partial charge on any atom is 0.119 e. The Balaban J connectivity index is 1.72. The Bertz CT molecular complexity index is 667. The molecule has 0 aliphatic carbocycles. The SMILES string of the molecule is CCCOCCOc1ccc(/C=C/C=C/C=C/c2ccccc2)cc1. The summed E-state index contributed by atoms with van der Waals surface area (Å²) < 4.78 is 11.0. The van der Waals surface area contributed by atoms with Gasteiger partial charge in [-0.2, -0.15) is 0 Å². The molecule has 0 spiro atoms. The maximum absolute atomic E-state index is 5.63. The lowest BCUT2D eigenvalue weighted by molar-refractivity contribution is 0.101. The van der Waals surface area contributed by atoms with E-state index in [9.17, 15) is 0 Å². The first-order chi connectivity index (χ1) is 12.4. The fourth-order valence-corrected chi connectivity index (χ4v) is 2.17. The summed E-state index contributed by atoms with van der Waals surface area (Å²) >= 11 is 0. The molecule has 0 unspecified atom stereocenters. The van der Waals surface area contributed by atoms with Gasteiger partial charge in [0.1, 0.15) is 12.4 Å². The van der Waals surface area contributed by atoms with Crippen LogP contribution in [0.5, 0.6) is 5.75 Å². The van der Waals surface area contributed by atoms with Crippen LogP contribution >= 0.6 is 0 Å². The third-order valence-corrected chi connectivity index (χ3v) is 3.44. The van der Waals surface area contributed by atoms with Gasteiger partial charge in [-0.1, -0.05) is 85.8 Å². The van der Waals surface area contributed by atoms with Crippen LogP contribution in [0.25, 0.3) is 12.2 Å². The van der Waals surface area contributed by atoms with E-state index in [1.54, 1.807) is 0 Å². The highest BCUT2D eigenvalue weighted by atomic mass is 16.5. The lowest BCUT2D eigenvalue weighted by atomic mass is 10.2. The van der Waals surface area contributed by atoms with Crippen LogP contribution in [0.2, 0.25) is 0 Å². The highest BCUT2D eigenvalue weighted by Gasteiger charge is 1.93. The van der Waals surface area contributed by atoms with E-state index in [2.05, 4.69) is 31.2 Å². The van der Waals surface area contributed by atoms with Gasteiger partial charge in [0.25, 0.3) is 0 Å². The molecule has 0 saturated heterocycles. The minimum absolute atomic E-state index is 0.589. The summed E-state index contributed by atoms with van der Waals surface area (Å²) in [6.07, 6.45) is 13.3. The second-order valence-electron chi connectivity index (χ2n) is 5.54. The van der Waals surface area contributed by atoms with Gasteiger partial charge in [-0.15, -0.1) is 0 Å². The van der Waals surface area contributed by atoms with E-state index >= 15 is 0 Å². The first-order valence-electron chi connectivity index (χ1n) is 8.75. The van der Waals surface area contributed by atoms with Crippen molar-refractivity contribution in [3.8, 4) is 5.75 Å². The molecule has 2 heteroatoms. The highest BCUT2D eigenvalue weighted by molar-refractivity contribution is 5.54. The second-order valence-corrected chi connectivity index (χ2v) is 5.54. The van der Waals surface area contributed by atoms with E-state index < -0.39 is 0 Å². The Hall–Kier alpha value is -2.58. The second kappa shape index (κ2) is 11.9. The minimum atomic E-state index is 0.589. The van der Waals surface area contributed by atoms with E-state index in [0.29, 0.717) is 13.2 Å². The molecule has 2 aromatic rings. The molecule has 0 atom stereocenters. The molecular weight excluding hydrogens is 308 g/mol. The summed E-state index contributed by atoms with van der Waals surface area (Å²) in [5.41, 5.74) is 2.35. The van der Waals surface area contributed by atoms with Crippen molar-refractivity contribution in [2.45, 2.75) is 13.3 Å². The standard InChI is InChI=1S/C23H26O2/c1-2-18-24-19-20-25-23-16-14-22(15-17-23)13-7-4-3-6-10-21-11-8-5-9-12-21/h3-17H,2,18-20H2,1H3/b4-3+,10-6+,13-7+. The van der Waals surface area contributed by atoms with Crippen LogP contribution in [-0.2, 0) is 4.74 Å². The molecular formula is C23H26O2. The van der Waals surface area contributed by atoms with Crippen molar-refractivity contribution in [1.29, 1.82) is 0 Å². The van der Waals surface area contributed by atoms with Gasteiger partial charge >= 0.3 is 0 Å². The van der Waals surface area contributed by atoms with Crippen LogP contribution in [0.1, 0.15) is 24.5 Å². The predicted octanol–water partition coefficient (Wildman–Crippen LogP) is 5.77. The van der Waals surface area contributed by atoms with Crippen LogP contribution in [0.15, 0.2) is 78.9 Å². The van der Waals surface area contributed by atoms with Crippen molar-refractivity contribution >= 4 is 12.2 Å². The molecule has 0 radical (unpaired) electrons. The third-order valence-electron chi connectivity index (χ3n) is 3.44. The highest BCUT2D eigenvalue weighted by Crippen LogP contribution is 2.13. The molecule has 0 amide bonds. The quantitative estimate of drug-likeness (QED) is 0.405. The van der Waals surface area contributed by atoms with Crippen molar-refractivity contribution in [2.75, 3.05) is 19.8 Å². The summed E-state index contributed by atoms with van der Waals surface area (Å²) in [5.74, 6) is 0.874. The third kappa shape index (κ3) is 8.18. The monoisotopic (exact) mass is 334 g/mol. The predicted molar refractivity (Wildman–Crippen MR) is 107 cm³/mol. The number of hydrogen-bond acceptors (Lipinski definition) is 2. The Morgan fingerprint density at radius 2 is 1.32 bits per heavy atom. The minimum Gasteiger partial charge on any atom is -0.491 e. The van der Waals surface area contributed by atoms with E-state index in [1.165, 1.54) is 5.56 Å². The van der Waals surface area contributed by atoms with Crippen molar-refractivity contribution in [3.05, 3.63) is 90.0 Å². The van der Waals surface area contributed by atoms with Gasteiger partial charge in [0, 0.05) is 6.61 Å². The zero-order valence-electron chi connectivity index (χ0n) is 14.8. The van der Waals surface area contributed by atoms with Gasteiger partial charge in [0.2, 0.25) is 0 Å². The van der Waals surface area contributed by atoms with Gasteiger partial charge < -0.3 is 9.47 Å². The number of benzene rings is 2. The molecule has 2 nitrogen and oxygen atoms in total. The number of hydrogen-bond donors (Lipinski definition) is 0. The zero-order valence-corrected chi connectivity index (χ0v) is 14.8. The number of allylic oxidation sites excluding steroid dienone is 4. The van der Waals surface area contributed by atoms with Crippen LogP contribution < -0.4 is 4.74 Å². The van der Waals surface area contributed by atoms with Crippen molar-refractivity contribution in [3.63, 3.8) is 0 Å². The molecule has 0 bridgehead atoms. The maximum atomic E-state index is 5.63. The molecule has 2 rings (SSSR count). The molecule has 0 fully saturated rings. The van der Waals surface area contributed by atoms with Gasteiger partial charge in [-0.25, -0.2) is 0 Å². The van der Waals surface area contributed by atoms with Crippen LogP contribution in [-0.4, -0.2) is 19.8 Å². The Morgan fingerprint density at radius 1 is 0.680 bits per heavy atom. The summed E-state index contributed by atoms with van der Waals surface area (Å²) in [6, 6.07) is 18.3. The van der Waals surface area contributed by atoms with Crippen molar-refractivity contribution in [2.24, 2.45) is 0 Å². The Kier molecular flexibility index (Phi) is 8.91. The van der Waals surface area contributed by atoms with Gasteiger partial charge in [0.05, 0.1) is 6.61 Å². The Labute approximate surface area is 151 Å². The van der Waals surface area contributed by atoms with E-state index in [-0.39, 0.29) is 0 Å². The summed E-state index contributed by atoms with van der Waals surface area (Å²) in [4.78, 5) is 0. The van der Waals surface area contributed by atoms with Gasteiger partial charge in [-0.05, 0) is 29.7 Å². The molecule has 0 saturated carbocycles. The average molecular weight is 334 g/mol. The lowest BCUT2D eigenvalue weighted by Gasteiger charge is -2.06. The van der Waals surface area contributed by atoms with Crippen LogP contribution in [0.4, 0.5) is 0 Å². The largest absolute Gasteiger partial charge is 0.491 e. The van der Waals surface area contributed by atoms with E-state index in [0.717, 1.165) is 24.3 Å². The average Bonchev–Trinajstić information content (AvgIpc) is 2.66. The fraction of sp³-hybridized carbons (Fsp3) is 0.217. The molecule has 130 valence electrons. The van der Waals surface area contributed by atoms with E-state index in [4.69, 9.17) is 9.47 Å². The van der Waals surface area contributed by atoms with Crippen molar-refractivity contribution in [1.82, 2.24) is 0 Å². The van der Waals surface area contributed by atoms with Crippen LogP contribution in [0, 0.1) is 0 Å². The summed E-state index contributed by atoms with van der Waals surface area (Å²) in [5, 5.41) is 0. The zero-order chi connectivity index (χ0) is 17.6. The topological polar surface area (TPSA) is 18.5 Å². The molecule has 25 heavy (non-hydrogen) atoms. The molecule has 0 heterocycles. The lowest BCUT2D eigenvalue weighted by Crippen LogP contribution is -2.06. The normalized spacial score (nSPS) is 11.7.